The molecule has 31 heavy (non-hydrogen) atoms. The summed E-state index contributed by atoms with van der Waals surface area (Å²) in [5, 5.41) is 16.0. The number of ether oxygens (including phenoxy) is 1. The molecule has 4 amide bonds. The van der Waals surface area contributed by atoms with E-state index in [1.165, 1.54) is 19.2 Å². The summed E-state index contributed by atoms with van der Waals surface area (Å²) in [4.78, 5) is 60.2. The summed E-state index contributed by atoms with van der Waals surface area (Å²) >= 11 is 0. The van der Waals surface area contributed by atoms with Crippen molar-refractivity contribution in [2.75, 3.05) is 25.5 Å². The summed E-state index contributed by atoms with van der Waals surface area (Å²) in [6.45, 7) is 0.743. The van der Waals surface area contributed by atoms with E-state index in [9.17, 15) is 29.3 Å². The first-order chi connectivity index (χ1) is 14.7. The molecule has 3 rings (SSSR count). The fourth-order valence-electron chi connectivity index (χ4n) is 3.10. The quantitative estimate of drug-likeness (QED) is 0.385. The van der Waals surface area contributed by atoms with E-state index in [-0.39, 0.29) is 11.1 Å². The lowest BCUT2D eigenvalue weighted by atomic mass is 10.1. The monoisotopic (exact) mass is 426 g/mol. The van der Waals surface area contributed by atoms with E-state index in [0.29, 0.717) is 16.3 Å². The van der Waals surface area contributed by atoms with Crippen LogP contribution in [0.2, 0.25) is 0 Å². The first kappa shape index (κ1) is 21.4. The molecular formula is C20H18N4O7. The van der Waals surface area contributed by atoms with Crippen LogP contribution in [0.15, 0.2) is 36.4 Å². The molecule has 2 N–H and O–H groups in total. The molecule has 0 atom stereocenters. The van der Waals surface area contributed by atoms with E-state index in [0.717, 1.165) is 11.6 Å². The molecule has 2 aromatic rings. The number of carbonyl (C=O) groups excluding carboxylic acids is 4. The highest BCUT2D eigenvalue weighted by atomic mass is 16.6. The van der Waals surface area contributed by atoms with Gasteiger partial charge in [0, 0.05) is 6.07 Å². The third kappa shape index (κ3) is 4.34. The predicted molar refractivity (Wildman–Crippen MR) is 108 cm³/mol. The molecule has 2 aromatic carbocycles. The zero-order valence-electron chi connectivity index (χ0n) is 16.6. The highest BCUT2D eigenvalue weighted by Crippen LogP contribution is 2.30. The van der Waals surface area contributed by atoms with E-state index in [2.05, 4.69) is 10.6 Å². The van der Waals surface area contributed by atoms with Crippen LogP contribution in [0.5, 0.6) is 5.75 Å². The minimum Gasteiger partial charge on any atom is -0.495 e. The molecule has 0 aliphatic carbocycles. The Bertz CT molecular complexity index is 1110. The summed E-state index contributed by atoms with van der Waals surface area (Å²) in [6, 6.07) is 8.87. The highest BCUT2D eigenvalue weighted by Gasteiger charge is 2.41. The van der Waals surface area contributed by atoms with Crippen LogP contribution in [0, 0.1) is 17.0 Å². The van der Waals surface area contributed by atoms with Gasteiger partial charge in [-0.1, -0.05) is 12.1 Å². The largest absolute Gasteiger partial charge is 0.495 e. The van der Waals surface area contributed by atoms with Crippen molar-refractivity contribution in [1.82, 2.24) is 10.2 Å². The van der Waals surface area contributed by atoms with Crippen LogP contribution in [-0.4, -0.2) is 53.7 Å². The third-order valence-electron chi connectivity index (χ3n) is 4.55. The van der Waals surface area contributed by atoms with E-state index in [1.54, 1.807) is 12.1 Å². The number of hydrogen-bond donors (Lipinski definition) is 2. The SMILES string of the molecule is COc1ccc(C)cc1NC(=O)CNC(=O)CN1C(=O)c2cccc([N+](=O)[O-])c2C1=O. The second-order valence-electron chi connectivity index (χ2n) is 6.68. The minimum absolute atomic E-state index is 0.142. The minimum atomic E-state index is -0.934. The lowest BCUT2D eigenvalue weighted by molar-refractivity contribution is -0.385. The molecule has 0 fully saturated rings. The van der Waals surface area contributed by atoms with Gasteiger partial charge in [0.15, 0.2) is 0 Å². The van der Waals surface area contributed by atoms with Crippen molar-refractivity contribution in [1.29, 1.82) is 0 Å². The Balaban J connectivity index is 1.62. The number of amides is 4. The standard InChI is InChI=1S/C20H18N4O7/c1-11-6-7-15(31-2)13(8-11)22-16(25)9-21-17(26)10-23-19(27)12-4-3-5-14(24(29)30)18(12)20(23)28/h3-8H,9-10H2,1-2H3,(H,21,26)(H,22,25). The maximum absolute atomic E-state index is 12.5. The number of methoxy groups -OCH3 is 1. The van der Waals surface area contributed by atoms with Crippen LogP contribution in [0.25, 0.3) is 0 Å². The summed E-state index contributed by atoms with van der Waals surface area (Å²) in [5.74, 6) is -2.62. The number of anilines is 1. The Morgan fingerprint density at radius 1 is 1.13 bits per heavy atom. The van der Waals surface area contributed by atoms with Crippen LogP contribution >= 0.6 is 0 Å². The first-order valence-electron chi connectivity index (χ1n) is 9.07. The molecule has 0 bridgehead atoms. The highest BCUT2D eigenvalue weighted by molar-refractivity contribution is 6.24. The molecule has 0 aromatic heterocycles. The van der Waals surface area contributed by atoms with Gasteiger partial charge < -0.3 is 15.4 Å². The Hall–Kier alpha value is -4.28. The van der Waals surface area contributed by atoms with E-state index < -0.39 is 47.3 Å². The van der Waals surface area contributed by atoms with Crippen molar-refractivity contribution < 1.29 is 28.8 Å². The molecule has 0 spiro atoms. The van der Waals surface area contributed by atoms with Gasteiger partial charge in [-0.05, 0) is 30.7 Å². The number of hydrogen-bond acceptors (Lipinski definition) is 7. The van der Waals surface area contributed by atoms with Gasteiger partial charge in [0.05, 0.1) is 29.8 Å². The van der Waals surface area contributed by atoms with Crippen LogP contribution in [-0.2, 0) is 9.59 Å². The predicted octanol–water partition coefficient (Wildman–Crippen LogP) is 1.26. The number of carbonyl (C=O) groups is 4. The van der Waals surface area contributed by atoms with Gasteiger partial charge in [0.25, 0.3) is 17.5 Å². The molecule has 11 heteroatoms. The molecule has 11 nitrogen and oxygen atoms in total. The number of rotatable bonds is 7. The van der Waals surface area contributed by atoms with Crippen LogP contribution in [0.1, 0.15) is 26.3 Å². The summed E-state index contributed by atoms with van der Waals surface area (Å²) in [5.41, 5.74) is 0.311. The van der Waals surface area contributed by atoms with Crippen LogP contribution < -0.4 is 15.4 Å². The van der Waals surface area contributed by atoms with E-state index >= 15 is 0 Å². The number of nitro benzene ring substituents is 1. The van der Waals surface area contributed by atoms with Crippen molar-refractivity contribution in [3.8, 4) is 5.75 Å². The normalized spacial score (nSPS) is 12.4. The maximum atomic E-state index is 12.5. The molecule has 160 valence electrons. The summed E-state index contributed by atoms with van der Waals surface area (Å²) in [6.07, 6.45) is 0. The lowest BCUT2D eigenvalue weighted by Gasteiger charge is -2.14. The molecule has 1 aliphatic rings. The molecule has 1 heterocycles. The van der Waals surface area contributed by atoms with Crippen LogP contribution in [0.4, 0.5) is 11.4 Å². The average molecular weight is 426 g/mol. The van der Waals surface area contributed by atoms with Crippen molar-refractivity contribution in [3.05, 3.63) is 63.2 Å². The fourth-order valence-corrected chi connectivity index (χ4v) is 3.10. The van der Waals surface area contributed by atoms with Gasteiger partial charge in [-0.15, -0.1) is 0 Å². The smallest absolute Gasteiger partial charge is 0.282 e. The third-order valence-corrected chi connectivity index (χ3v) is 4.55. The molecular weight excluding hydrogens is 408 g/mol. The first-order valence-corrected chi connectivity index (χ1v) is 9.07. The second-order valence-corrected chi connectivity index (χ2v) is 6.68. The van der Waals surface area contributed by atoms with Gasteiger partial charge in [-0.25, -0.2) is 0 Å². The van der Waals surface area contributed by atoms with Gasteiger partial charge in [0.2, 0.25) is 11.8 Å². The second kappa shape index (κ2) is 8.61. The molecule has 0 unspecified atom stereocenters. The summed E-state index contributed by atoms with van der Waals surface area (Å²) < 4.78 is 5.16. The summed E-state index contributed by atoms with van der Waals surface area (Å²) in [7, 11) is 1.45. The Kier molecular flexibility index (Phi) is 5.95. The maximum Gasteiger partial charge on any atom is 0.282 e. The van der Waals surface area contributed by atoms with Gasteiger partial charge >= 0.3 is 0 Å². The number of nitro groups is 1. The Morgan fingerprint density at radius 2 is 1.87 bits per heavy atom. The van der Waals surface area contributed by atoms with Crippen molar-refractivity contribution >= 4 is 35.0 Å². The number of imide groups is 1. The Labute approximate surface area is 176 Å². The lowest BCUT2D eigenvalue weighted by Crippen LogP contribution is -2.42. The number of benzene rings is 2. The van der Waals surface area contributed by atoms with Gasteiger partial charge in [0.1, 0.15) is 17.9 Å². The van der Waals surface area contributed by atoms with Gasteiger partial charge in [-0.3, -0.25) is 34.2 Å². The van der Waals surface area contributed by atoms with Crippen molar-refractivity contribution in [2.45, 2.75) is 6.92 Å². The van der Waals surface area contributed by atoms with E-state index in [1.807, 2.05) is 13.0 Å². The topological polar surface area (TPSA) is 148 Å². The van der Waals surface area contributed by atoms with Crippen molar-refractivity contribution in [3.63, 3.8) is 0 Å². The Morgan fingerprint density at radius 3 is 2.55 bits per heavy atom. The molecule has 0 radical (unpaired) electrons. The number of fused-ring (bicyclic) bond motifs is 1. The average Bonchev–Trinajstić information content (AvgIpc) is 2.97. The molecule has 0 saturated carbocycles. The fraction of sp³-hybridized carbons (Fsp3) is 0.200. The zero-order valence-corrected chi connectivity index (χ0v) is 16.6. The molecule has 0 saturated heterocycles. The molecule has 1 aliphatic heterocycles. The van der Waals surface area contributed by atoms with Gasteiger partial charge in [-0.2, -0.15) is 0 Å². The van der Waals surface area contributed by atoms with E-state index in [4.69, 9.17) is 4.74 Å². The van der Waals surface area contributed by atoms with Crippen LogP contribution in [0.3, 0.4) is 0 Å². The number of nitrogens with one attached hydrogen (secondary N) is 2. The van der Waals surface area contributed by atoms with Crippen molar-refractivity contribution in [2.24, 2.45) is 0 Å². The number of nitrogens with zero attached hydrogens (tertiary/aromatic N) is 2. The number of aryl methyl sites for hydroxylation is 1. The zero-order chi connectivity index (χ0) is 22.7.